The van der Waals surface area contributed by atoms with E-state index in [-0.39, 0.29) is 23.4 Å². The quantitative estimate of drug-likeness (QED) is 0.394. The van der Waals surface area contributed by atoms with E-state index in [0.717, 1.165) is 24.7 Å². The molecule has 0 bridgehead atoms. The van der Waals surface area contributed by atoms with E-state index in [1.54, 1.807) is 0 Å². The lowest BCUT2D eigenvalue weighted by Gasteiger charge is -2.62. The van der Waals surface area contributed by atoms with E-state index in [4.69, 9.17) is 0 Å². The maximum Gasteiger partial charge on any atom is 0.491 e. The largest absolute Gasteiger partial charge is 0.491 e. The number of aliphatic hydroxyl groups is 1. The number of hydrogen-bond acceptors (Lipinski definition) is 5. The number of rotatable bonds is 1. The molecule has 1 N–H and O–H groups in total. The van der Waals surface area contributed by atoms with Gasteiger partial charge in [-0.3, -0.25) is 9.59 Å². The smallest absolute Gasteiger partial charge is 0.392 e. The van der Waals surface area contributed by atoms with Crippen LogP contribution in [0.2, 0.25) is 0 Å². The molecule has 10 atom stereocenters. The minimum absolute atomic E-state index is 0.0614. The number of aliphatic hydroxyl groups excluding tert-OH is 1. The second-order valence-electron chi connectivity index (χ2n) is 12.0. The molecule has 4 fully saturated rings. The molecule has 0 radical (unpaired) electrons. The monoisotopic (exact) mass is 498 g/mol. The Bertz CT molecular complexity index is 942. The molecule has 0 aromatic rings. The fourth-order valence-corrected chi connectivity index (χ4v) is 8.41. The summed E-state index contributed by atoms with van der Waals surface area (Å²) in [7, 11) is 0. The van der Waals surface area contributed by atoms with Crippen LogP contribution >= 0.6 is 0 Å². The molecule has 9 unspecified atom stereocenters. The molecule has 196 valence electrons. The Hall–Kier alpha value is -1.70. The molecule has 5 nitrogen and oxygen atoms in total. The molecule has 0 saturated heterocycles. The van der Waals surface area contributed by atoms with Gasteiger partial charge in [0.05, 0.1) is 6.10 Å². The zero-order valence-corrected chi connectivity index (χ0v) is 21.2. The molecular formula is C27H37F3O5. The summed E-state index contributed by atoms with van der Waals surface area (Å²) in [5, 5.41) is 10.9. The molecular weight excluding hydrogens is 461 g/mol. The summed E-state index contributed by atoms with van der Waals surface area (Å²) < 4.78 is 37.3. The van der Waals surface area contributed by atoms with E-state index >= 15 is 0 Å². The first-order valence-electron chi connectivity index (χ1n) is 12.9. The van der Waals surface area contributed by atoms with Crippen molar-refractivity contribution in [3.05, 3.63) is 11.6 Å². The summed E-state index contributed by atoms with van der Waals surface area (Å²) in [5.41, 5.74) is 1.84. The summed E-state index contributed by atoms with van der Waals surface area (Å²) in [6.45, 7) is 10.9. The van der Waals surface area contributed by atoms with Crippen LogP contribution in [0, 0.1) is 52.3 Å². The van der Waals surface area contributed by atoms with Crippen LogP contribution < -0.4 is 0 Å². The fourth-order valence-electron chi connectivity index (χ4n) is 8.41. The van der Waals surface area contributed by atoms with Crippen LogP contribution in [-0.4, -0.2) is 35.1 Å². The molecule has 0 amide bonds. The van der Waals surface area contributed by atoms with Gasteiger partial charge in [-0.2, -0.15) is 13.2 Å². The van der Waals surface area contributed by atoms with E-state index in [2.05, 4.69) is 32.4 Å². The average Bonchev–Trinajstić information content (AvgIpc) is 3.53. The minimum Gasteiger partial charge on any atom is -0.392 e. The van der Waals surface area contributed by atoms with Gasteiger partial charge in [0.15, 0.2) is 5.78 Å². The molecule has 0 spiro atoms. The Morgan fingerprint density at radius 1 is 1.17 bits per heavy atom. The lowest BCUT2D eigenvalue weighted by Crippen LogP contribution is -2.57. The predicted molar refractivity (Wildman–Crippen MR) is 122 cm³/mol. The van der Waals surface area contributed by atoms with Gasteiger partial charge in [-0.1, -0.05) is 40.2 Å². The normalized spacial score (nSPS) is 45.5. The van der Waals surface area contributed by atoms with Crippen LogP contribution in [0.15, 0.2) is 11.6 Å². The average molecular weight is 499 g/mol. The van der Waals surface area contributed by atoms with Crippen LogP contribution in [0.1, 0.15) is 73.1 Å². The molecule has 5 rings (SSSR count). The Kier molecular flexibility index (Phi) is 6.56. The summed E-state index contributed by atoms with van der Waals surface area (Å²) in [4.78, 5) is 32.1. The van der Waals surface area contributed by atoms with Crippen molar-refractivity contribution in [1.29, 1.82) is 0 Å². The first-order chi connectivity index (χ1) is 16.2. The molecule has 0 aliphatic heterocycles. The number of hydrogen-bond donors (Lipinski definition) is 1. The van der Waals surface area contributed by atoms with Gasteiger partial charge in [0.25, 0.3) is 0 Å². The van der Waals surface area contributed by atoms with E-state index < -0.39 is 18.1 Å². The second kappa shape index (κ2) is 8.70. The maximum atomic E-state index is 12.1. The van der Waals surface area contributed by atoms with E-state index in [1.807, 2.05) is 6.08 Å². The van der Waals surface area contributed by atoms with Gasteiger partial charge in [0, 0.05) is 12.8 Å². The first-order valence-corrected chi connectivity index (χ1v) is 12.9. The number of fused-ring (bicyclic) bond motifs is 7. The Morgan fingerprint density at radius 2 is 1.83 bits per heavy atom. The summed E-state index contributed by atoms with van der Waals surface area (Å²) in [6.07, 6.45) is 2.09. The predicted octanol–water partition coefficient (Wildman–Crippen LogP) is 5.26. The van der Waals surface area contributed by atoms with Gasteiger partial charge < -0.3 is 9.84 Å². The number of ether oxygens (including phenoxy) is 1. The van der Waals surface area contributed by atoms with Gasteiger partial charge in [0.1, 0.15) is 0 Å². The molecule has 5 aliphatic carbocycles. The van der Waals surface area contributed by atoms with E-state index in [9.17, 15) is 32.7 Å². The van der Waals surface area contributed by atoms with Crippen molar-refractivity contribution >= 4 is 17.7 Å². The van der Waals surface area contributed by atoms with Crippen LogP contribution in [-0.2, 0) is 19.1 Å². The molecule has 0 heterocycles. The number of halogens is 3. The molecule has 4 saturated carbocycles. The summed E-state index contributed by atoms with van der Waals surface area (Å²) >= 11 is 0. The van der Waals surface area contributed by atoms with Gasteiger partial charge in [0.2, 0.25) is 0 Å². The number of carbonyl (C=O) groups excluding carboxylic acids is 3. The summed E-state index contributed by atoms with van der Waals surface area (Å²) in [5.74, 6) is 1.38. The zero-order chi connectivity index (χ0) is 26.1. The molecule has 0 aromatic heterocycles. The third-order valence-corrected chi connectivity index (χ3v) is 10.4. The molecule has 35 heavy (non-hydrogen) atoms. The minimum atomic E-state index is -5.09. The van der Waals surface area contributed by atoms with Crippen molar-refractivity contribution in [2.75, 3.05) is 0 Å². The highest BCUT2D eigenvalue weighted by atomic mass is 19.4. The van der Waals surface area contributed by atoms with E-state index in [1.165, 1.54) is 31.8 Å². The van der Waals surface area contributed by atoms with Crippen molar-refractivity contribution in [2.24, 2.45) is 52.3 Å². The third kappa shape index (κ3) is 4.17. The Balaban J connectivity index is 0.000000225. The van der Waals surface area contributed by atoms with E-state index in [0.29, 0.717) is 35.4 Å². The fraction of sp³-hybridized carbons (Fsp3) is 0.815. The van der Waals surface area contributed by atoms with Crippen LogP contribution in [0.3, 0.4) is 0 Å². The zero-order valence-electron chi connectivity index (χ0n) is 21.2. The van der Waals surface area contributed by atoms with Crippen molar-refractivity contribution in [3.8, 4) is 0 Å². The number of carbonyl (C=O) groups is 3. The van der Waals surface area contributed by atoms with Crippen molar-refractivity contribution < 1.29 is 37.4 Å². The summed E-state index contributed by atoms with van der Waals surface area (Å²) in [6, 6.07) is 0. The van der Waals surface area contributed by atoms with Gasteiger partial charge in [-0.05, 0) is 84.0 Å². The Labute approximate surface area is 204 Å². The second-order valence-corrected chi connectivity index (χ2v) is 12.0. The lowest BCUT2D eigenvalue weighted by atomic mass is 9.42. The van der Waals surface area contributed by atoms with Crippen molar-refractivity contribution in [3.63, 3.8) is 0 Å². The van der Waals surface area contributed by atoms with Gasteiger partial charge >= 0.3 is 18.1 Å². The number of allylic oxidation sites excluding steroid dienone is 1. The number of esters is 2. The molecule has 8 heteroatoms. The first kappa shape index (κ1) is 26.4. The molecule has 5 aliphatic rings. The highest BCUT2D eigenvalue weighted by Crippen LogP contribution is 2.74. The van der Waals surface area contributed by atoms with Gasteiger partial charge in [-0.15, -0.1) is 0 Å². The lowest BCUT2D eigenvalue weighted by molar-refractivity contribution is -0.201. The highest BCUT2D eigenvalue weighted by molar-refractivity contribution is 5.91. The Morgan fingerprint density at radius 3 is 2.43 bits per heavy atom. The topological polar surface area (TPSA) is 80.7 Å². The number of ketones is 1. The van der Waals surface area contributed by atoms with Crippen LogP contribution in [0.4, 0.5) is 13.2 Å². The van der Waals surface area contributed by atoms with Crippen molar-refractivity contribution in [1.82, 2.24) is 0 Å². The van der Waals surface area contributed by atoms with Crippen LogP contribution in [0.5, 0.6) is 0 Å². The SMILES string of the molecule is CC1C2C(CCC3(C)C(O)C4CC4C23)C2(C)CCC(=O)C=C2[C@@H]1C.CCC(=O)OC(=O)C(F)(F)F. The maximum absolute atomic E-state index is 12.1. The van der Waals surface area contributed by atoms with Crippen LogP contribution in [0.25, 0.3) is 0 Å². The van der Waals surface area contributed by atoms with Crippen molar-refractivity contribution in [2.45, 2.75) is 85.4 Å². The third-order valence-electron chi connectivity index (χ3n) is 10.4. The van der Waals surface area contributed by atoms with Gasteiger partial charge in [-0.25, -0.2) is 4.79 Å². The number of alkyl halides is 3. The standard InChI is InChI=1S/C22H32O2.C5H5F3O3/c1-11-12(2)18-16(21(3)7-5-13(23)9-17(11)21)6-8-22(4)19(18)14-10-15(14)20(22)24;1-2-3(9)11-4(10)5(6,7)8/h9,11-12,14-16,18-20,24H,5-8,10H2,1-4H3;2H2,1H3/t11-,12?,14?,15?,16?,18?,19?,20?,21?,22?;/m1./s1. The highest BCUT2D eigenvalue weighted by Gasteiger charge is 2.71. The molecule has 0 aromatic carbocycles.